The fraction of sp³-hybridized carbons (Fsp3) is 0.438. The molecule has 3 N–H and O–H groups in total. The van der Waals surface area contributed by atoms with Crippen molar-refractivity contribution in [3.05, 3.63) is 23.8 Å². The van der Waals surface area contributed by atoms with Crippen molar-refractivity contribution in [2.75, 3.05) is 46.1 Å². The number of nitrogens with zero attached hydrogens (tertiary/aromatic N) is 2. The summed E-state index contributed by atoms with van der Waals surface area (Å²) in [6, 6.07) is 5.09. The van der Waals surface area contributed by atoms with Crippen LogP contribution < -0.4 is 20.5 Å². The summed E-state index contributed by atoms with van der Waals surface area (Å²) in [4.78, 5) is 39.0. The molecule has 3 rings (SSSR count). The van der Waals surface area contributed by atoms with Crippen molar-refractivity contribution in [2.24, 2.45) is 5.73 Å². The van der Waals surface area contributed by atoms with Crippen LogP contribution in [0.1, 0.15) is 10.4 Å². The lowest BCUT2D eigenvalue weighted by molar-refractivity contribution is -0.133. The quantitative estimate of drug-likeness (QED) is 0.705. The van der Waals surface area contributed by atoms with Crippen molar-refractivity contribution < 1.29 is 23.9 Å². The van der Waals surface area contributed by atoms with E-state index >= 15 is 0 Å². The number of ether oxygens (including phenoxy) is 2. The SMILES string of the molecule is NCC(=O)NCC(=O)N1CCN(C(=O)c2ccc3c(c2)OCO3)CC1. The minimum absolute atomic E-state index is 0.0772. The molecule has 0 atom stereocenters. The van der Waals surface area contributed by atoms with E-state index in [-0.39, 0.29) is 37.6 Å². The van der Waals surface area contributed by atoms with Gasteiger partial charge in [0.15, 0.2) is 11.5 Å². The second-order valence-electron chi connectivity index (χ2n) is 5.72. The zero-order valence-electron chi connectivity index (χ0n) is 13.7. The third-order valence-electron chi connectivity index (χ3n) is 4.16. The lowest BCUT2D eigenvalue weighted by Crippen LogP contribution is -2.52. The largest absolute Gasteiger partial charge is 0.454 e. The summed E-state index contributed by atoms with van der Waals surface area (Å²) < 4.78 is 10.5. The number of nitrogens with two attached hydrogens (primary N) is 1. The molecular weight excluding hydrogens is 328 g/mol. The van der Waals surface area contributed by atoms with Gasteiger partial charge in [0.2, 0.25) is 18.6 Å². The molecule has 0 spiro atoms. The number of fused-ring (bicyclic) bond motifs is 1. The van der Waals surface area contributed by atoms with Gasteiger partial charge in [-0.15, -0.1) is 0 Å². The summed E-state index contributed by atoms with van der Waals surface area (Å²) in [6.45, 7) is 1.65. The monoisotopic (exact) mass is 348 g/mol. The van der Waals surface area contributed by atoms with Crippen molar-refractivity contribution in [1.29, 1.82) is 0 Å². The molecule has 2 aliphatic heterocycles. The van der Waals surface area contributed by atoms with Crippen LogP contribution in [0.5, 0.6) is 11.5 Å². The Morgan fingerprint density at radius 1 is 1.04 bits per heavy atom. The highest BCUT2D eigenvalue weighted by Crippen LogP contribution is 2.32. The molecule has 0 bridgehead atoms. The van der Waals surface area contributed by atoms with Gasteiger partial charge < -0.3 is 30.3 Å². The molecule has 9 nitrogen and oxygen atoms in total. The molecule has 1 saturated heterocycles. The molecule has 0 unspecified atom stereocenters. The van der Waals surface area contributed by atoms with Crippen LogP contribution in [0.2, 0.25) is 0 Å². The van der Waals surface area contributed by atoms with E-state index in [0.717, 1.165) is 0 Å². The van der Waals surface area contributed by atoms with E-state index in [0.29, 0.717) is 43.2 Å². The van der Waals surface area contributed by atoms with Gasteiger partial charge in [0.05, 0.1) is 13.1 Å². The smallest absolute Gasteiger partial charge is 0.254 e. The highest BCUT2D eigenvalue weighted by atomic mass is 16.7. The zero-order valence-corrected chi connectivity index (χ0v) is 13.7. The van der Waals surface area contributed by atoms with Crippen LogP contribution in [0.25, 0.3) is 0 Å². The Balaban J connectivity index is 1.52. The maximum absolute atomic E-state index is 12.6. The third kappa shape index (κ3) is 3.82. The van der Waals surface area contributed by atoms with E-state index < -0.39 is 0 Å². The van der Waals surface area contributed by atoms with Gasteiger partial charge in [0, 0.05) is 31.7 Å². The highest BCUT2D eigenvalue weighted by molar-refractivity contribution is 5.95. The Morgan fingerprint density at radius 3 is 2.44 bits per heavy atom. The molecule has 0 saturated carbocycles. The van der Waals surface area contributed by atoms with Crippen LogP contribution in [0, 0.1) is 0 Å². The second-order valence-corrected chi connectivity index (χ2v) is 5.72. The molecule has 1 fully saturated rings. The number of rotatable bonds is 4. The molecule has 25 heavy (non-hydrogen) atoms. The van der Waals surface area contributed by atoms with Gasteiger partial charge in [0.25, 0.3) is 5.91 Å². The predicted molar refractivity (Wildman–Crippen MR) is 87.1 cm³/mol. The predicted octanol–water partition coefficient (Wildman–Crippen LogP) is -1.23. The van der Waals surface area contributed by atoms with Gasteiger partial charge >= 0.3 is 0 Å². The van der Waals surface area contributed by atoms with E-state index in [1.54, 1.807) is 28.0 Å². The zero-order chi connectivity index (χ0) is 17.8. The van der Waals surface area contributed by atoms with Crippen molar-refractivity contribution in [1.82, 2.24) is 15.1 Å². The lowest BCUT2D eigenvalue weighted by Gasteiger charge is -2.34. The van der Waals surface area contributed by atoms with Crippen LogP contribution in [0.15, 0.2) is 18.2 Å². The lowest BCUT2D eigenvalue weighted by atomic mass is 10.1. The minimum Gasteiger partial charge on any atom is -0.454 e. The number of benzene rings is 1. The molecule has 9 heteroatoms. The van der Waals surface area contributed by atoms with Gasteiger partial charge in [-0.25, -0.2) is 0 Å². The van der Waals surface area contributed by atoms with Gasteiger partial charge in [-0.1, -0.05) is 0 Å². The fourth-order valence-corrected chi connectivity index (χ4v) is 2.73. The number of hydrogen-bond donors (Lipinski definition) is 2. The topological polar surface area (TPSA) is 114 Å². The van der Waals surface area contributed by atoms with Crippen LogP contribution in [0.3, 0.4) is 0 Å². The standard InChI is InChI=1S/C16H20N4O5/c17-8-14(21)18-9-15(22)19-3-5-20(6-4-19)16(23)11-1-2-12-13(7-11)25-10-24-12/h1-2,7H,3-6,8-10,17H2,(H,18,21). The van der Waals surface area contributed by atoms with Crippen molar-refractivity contribution in [3.63, 3.8) is 0 Å². The summed E-state index contributed by atoms with van der Waals surface area (Å²) in [6.07, 6.45) is 0. The minimum atomic E-state index is -0.370. The summed E-state index contributed by atoms with van der Waals surface area (Å²) in [5.74, 6) is 0.533. The molecule has 2 heterocycles. The number of nitrogens with one attached hydrogen (secondary N) is 1. The molecule has 2 aliphatic rings. The Bertz CT molecular complexity index is 685. The van der Waals surface area contributed by atoms with E-state index in [1.807, 2.05) is 0 Å². The van der Waals surface area contributed by atoms with Gasteiger partial charge in [-0.2, -0.15) is 0 Å². The first-order valence-electron chi connectivity index (χ1n) is 8.02. The summed E-state index contributed by atoms with van der Waals surface area (Å²) in [5, 5.41) is 2.45. The van der Waals surface area contributed by atoms with E-state index in [1.165, 1.54) is 0 Å². The average molecular weight is 348 g/mol. The van der Waals surface area contributed by atoms with Crippen molar-refractivity contribution in [2.45, 2.75) is 0 Å². The summed E-state index contributed by atoms with van der Waals surface area (Å²) in [5.41, 5.74) is 5.71. The Kier molecular flexibility index (Phi) is 5.03. The summed E-state index contributed by atoms with van der Waals surface area (Å²) in [7, 11) is 0. The van der Waals surface area contributed by atoms with E-state index in [9.17, 15) is 14.4 Å². The number of hydrogen-bond acceptors (Lipinski definition) is 6. The first-order chi connectivity index (χ1) is 12.1. The van der Waals surface area contributed by atoms with Crippen molar-refractivity contribution >= 4 is 17.7 Å². The Labute approximate surface area is 144 Å². The molecule has 1 aromatic rings. The van der Waals surface area contributed by atoms with Crippen LogP contribution in [-0.4, -0.2) is 73.6 Å². The second kappa shape index (κ2) is 7.39. The molecule has 0 aromatic heterocycles. The maximum atomic E-state index is 12.6. The fourth-order valence-electron chi connectivity index (χ4n) is 2.73. The maximum Gasteiger partial charge on any atom is 0.254 e. The molecule has 3 amide bonds. The van der Waals surface area contributed by atoms with Crippen molar-refractivity contribution in [3.8, 4) is 11.5 Å². The normalized spacial score (nSPS) is 15.9. The van der Waals surface area contributed by atoms with Crippen LogP contribution >= 0.6 is 0 Å². The van der Waals surface area contributed by atoms with Crippen LogP contribution in [0.4, 0.5) is 0 Å². The molecule has 0 aliphatic carbocycles. The number of carbonyl (C=O) groups excluding carboxylic acids is 3. The van der Waals surface area contributed by atoms with Gasteiger partial charge in [-0.05, 0) is 18.2 Å². The van der Waals surface area contributed by atoms with Crippen LogP contribution in [-0.2, 0) is 9.59 Å². The molecule has 1 aromatic carbocycles. The molecule has 0 radical (unpaired) electrons. The average Bonchev–Trinajstić information content (AvgIpc) is 3.13. The highest BCUT2D eigenvalue weighted by Gasteiger charge is 2.26. The van der Waals surface area contributed by atoms with E-state index in [4.69, 9.17) is 15.2 Å². The first kappa shape index (κ1) is 17.0. The third-order valence-corrected chi connectivity index (χ3v) is 4.16. The Morgan fingerprint density at radius 2 is 1.72 bits per heavy atom. The van der Waals surface area contributed by atoms with Gasteiger partial charge in [0.1, 0.15) is 0 Å². The van der Waals surface area contributed by atoms with E-state index in [2.05, 4.69) is 5.32 Å². The van der Waals surface area contributed by atoms with Gasteiger partial charge in [-0.3, -0.25) is 14.4 Å². The number of carbonyl (C=O) groups is 3. The molecular formula is C16H20N4O5. The molecule has 134 valence electrons. The first-order valence-corrected chi connectivity index (χ1v) is 8.02. The number of piperazine rings is 1. The Hall–Kier alpha value is -2.81. The number of amides is 3. The summed E-state index contributed by atoms with van der Waals surface area (Å²) >= 11 is 0.